The van der Waals surface area contributed by atoms with Crippen molar-refractivity contribution in [1.82, 2.24) is 0 Å². The van der Waals surface area contributed by atoms with Crippen LogP contribution in [-0.4, -0.2) is 37.6 Å². The molecule has 0 aromatic rings. The summed E-state index contributed by atoms with van der Waals surface area (Å²) in [4.78, 5) is 0. The lowest BCUT2D eigenvalue weighted by molar-refractivity contribution is -0.0278. The first-order chi connectivity index (χ1) is 9.97. The number of ether oxygens (including phenoxy) is 4. The topological polar surface area (TPSA) is 46.2 Å². The molecule has 122 valence electrons. The van der Waals surface area contributed by atoms with Crippen molar-refractivity contribution < 1.29 is 23.4 Å². The van der Waals surface area contributed by atoms with Gasteiger partial charge in [-0.3, -0.25) is 0 Å². The zero-order valence-electron chi connectivity index (χ0n) is 14.0. The van der Waals surface area contributed by atoms with Crippen molar-refractivity contribution >= 4 is 9.76 Å². The number of rotatable bonds is 9. The molecule has 0 spiro atoms. The molecule has 0 amide bonds. The monoisotopic (exact) mass is 316 g/mol. The van der Waals surface area contributed by atoms with Crippen LogP contribution in [0, 0.1) is 11.3 Å². The van der Waals surface area contributed by atoms with Crippen LogP contribution in [0.1, 0.15) is 27.7 Å². The van der Waals surface area contributed by atoms with Gasteiger partial charge in [0.25, 0.3) is 0 Å². The van der Waals surface area contributed by atoms with E-state index in [0.717, 1.165) is 11.8 Å². The normalized spacial score (nSPS) is 21.6. The van der Waals surface area contributed by atoms with Crippen molar-refractivity contribution in [1.29, 1.82) is 0 Å². The Morgan fingerprint density at radius 1 is 1.14 bits per heavy atom. The summed E-state index contributed by atoms with van der Waals surface area (Å²) in [6, 6.07) is 1.05. The molecule has 1 unspecified atom stereocenters. The number of allylic oxidation sites excluding steroid dienone is 2. The van der Waals surface area contributed by atoms with E-state index in [1.807, 2.05) is 0 Å². The van der Waals surface area contributed by atoms with Crippen molar-refractivity contribution in [3.05, 3.63) is 23.4 Å². The van der Waals surface area contributed by atoms with Crippen LogP contribution < -0.4 is 0 Å². The molecule has 0 saturated carbocycles. The molecular formula is C15H28O5Si. The molecule has 5 nitrogen and oxygen atoms in total. The lowest BCUT2D eigenvalue weighted by atomic mass is 9.75. The van der Waals surface area contributed by atoms with Gasteiger partial charge in [0.2, 0.25) is 9.76 Å². The van der Waals surface area contributed by atoms with Crippen LogP contribution in [0.4, 0.5) is 0 Å². The molecule has 0 radical (unpaired) electrons. The molecule has 1 atom stereocenters. The molecule has 0 aliphatic heterocycles. The fourth-order valence-corrected chi connectivity index (χ4v) is 2.77. The molecule has 0 bridgehead atoms. The van der Waals surface area contributed by atoms with Crippen LogP contribution in [0.15, 0.2) is 23.4 Å². The Hall–Kier alpha value is -0.983. The first-order valence-electron chi connectivity index (χ1n) is 7.31. The van der Waals surface area contributed by atoms with E-state index in [-0.39, 0.29) is 24.9 Å². The number of hydrogen-bond acceptors (Lipinski definition) is 5. The Kier molecular flexibility index (Phi) is 7.28. The third-order valence-electron chi connectivity index (χ3n) is 3.58. The minimum absolute atomic E-state index is 0.0905. The van der Waals surface area contributed by atoms with Gasteiger partial charge in [0, 0.05) is 20.1 Å². The molecule has 0 aromatic heterocycles. The molecule has 0 fully saturated rings. The third kappa shape index (κ3) is 4.76. The molecule has 21 heavy (non-hydrogen) atoms. The minimum atomic E-state index is -0.632. The summed E-state index contributed by atoms with van der Waals surface area (Å²) < 4.78 is 27.5. The molecule has 1 rings (SSSR count). The van der Waals surface area contributed by atoms with Crippen LogP contribution in [0.2, 0.25) is 6.04 Å². The van der Waals surface area contributed by atoms with Gasteiger partial charge < -0.3 is 23.4 Å². The molecular weight excluding hydrogens is 288 g/mol. The SMILES string of the molecule is CC[SiH2]OC1=C(OCOC)C(C)C(C)(C)C=C1OCOC. The van der Waals surface area contributed by atoms with Gasteiger partial charge in [0.15, 0.2) is 25.1 Å². The van der Waals surface area contributed by atoms with Gasteiger partial charge >= 0.3 is 0 Å². The Bertz CT molecular complexity index is 390. The zero-order chi connectivity index (χ0) is 15.9. The van der Waals surface area contributed by atoms with E-state index in [1.165, 1.54) is 0 Å². The molecule has 0 saturated heterocycles. The average molecular weight is 316 g/mol. The van der Waals surface area contributed by atoms with Crippen molar-refractivity contribution in [2.75, 3.05) is 27.8 Å². The smallest absolute Gasteiger partial charge is 0.219 e. The molecule has 6 heteroatoms. The second-order valence-electron chi connectivity index (χ2n) is 5.70. The van der Waals surface area contributed by atoms with Crippen LogP contribution in [0.25, 0.3) is 0 Å². The lowest BCUT2D eigenvalue weighted by Gasteiger charge is -2.36. The van der Waals surface area contributed by atoms with E-state index in [4.69, 9.17) is 23.4 Å². The summed E-state index contributed by atoms with van der Waals surface area (Å²) in [5.74, 6) is 2.40. The summed E-state index contributed by atoms with van der Waals surface area (Å²) in [6.45, 7) is 8.95. The van der Waals surface area contributed by atoms with Gasteiger partial charge in [-0.1, -0.05) is 27.7 Å². The summed E-state index contributed by atoms with van der Waals surface area (Å²) in [5, 5.41) is 0. The van der Waals surface area contributed by atoms with E-state index < -0.39 is 9.76 Å². The van der Waals surface area contributed by atoms with Gasteiger partial charge in [-0.2, -0.15) is 0 Å². The van der Waals surface area contributed by atoms with Crippen LogP contribution in [0.5, 0.6) is 0 Å². The van der Waals surface area contributed by atoms with Crippen molar-refractivity contribution in [2.24, 2.45) is 11.3 Å². The Morgan fingerprint density at radius 2 is 1.76 bits per heavy atom. The molecule has 1 aliphatic carbocycles. The number of methoxy groups -OCH3 is 2. The lowest BCUT2D eigenvalue weighted by Crippen LogP contribution is -2.30. The van der Waals surface area contributed by atoms with Crippen molar-refractivity contribution in [3.63, 3.8) is 0 Å². The second-order valence-corrected chi connectivity index (χ2v) is 7.39. The zero-order valence-corrected chi connectivity index (χ0v) is 15.4. The quantitative estimate of drug-likeness (QED) is 0.483. The maximum atomic E-state index is 6.00. The fraction of sp³-hybridized carbons (Fsp3) is 0.733. The summed E-state index contributed by atoms with van der Waals surface area (Å²) in [5.41, 5.74) is -0.0905. The van der Waals surface area contributed by atoms with E-state index >= 15 is 0 Å². The highest BCUT2D eigenvalue weighted by Crippen LogP contribution is 2.43. The third-order valence-corrected chi connectivity index (χ3v) is 4.48. The maximum Gasteiger partial charge on any atom is 0.219 e. The predicted octanol–water partition coefficient (Wildman–Crippen LogP) is 2.54. The van der Waals surface area contributed by atoms with E-state index in [0.29, 0.717) is 11.5 Å². The molecule has 0 N–H and O–H groups in total. The highest BCUT2D eigenvalue weighted by molar-refractivity contribution is 6.27. The first kappa shape index (κ1) is 18.1. The van der Waals surface area contributed by atoms with Crippen molar-refractivity contribution in [2.45, 2.75) is 33.7 Å². The summed E-state index contributed by atoms with van der Waals surface area (Å²) in [6.07, 6.45) is 2.09. The standard InChI is InChI=1S/C15H28O5Si/c1-7-21-20-14-12(18-9-16-5)8-15(3,4)11(2)13(14)19-10-17-6/h8,11H,7,9-10,21H2,1-6H3. The largest absolute Gasteiger partial charge is 0.545 e. The van der Waals surface area contributed by atoms with E-state index in [9.17, 15) is 0 Å². The van der Waals surface area contributed by atoms with Gasteiger partial charge in [-0.15, -0.1) is 0 Å². The summed E-state index contributed by atoms with van der Waals surface area (Å²) in [7, 11) is 2.58. The molecule has 0 heterocycles. The number of hydrogen-bond donors (Lipinski definition) is 0. The van der Waals surface area contributed by atoms with E-state index in [2.05, 4.69) is 33.8 Å². The molecule has 0 aromatic carbocycles. The second kappa shape index (κ2) is 8.46. The van der Waals surface area contributed by atoms with Gasteiger partial charge in [0.1, 0.15) is 5.76 Å². The minimum Gasteiger partial charge on any atom is -0.545 e. The molecule has 1 aliphatic rings. The van der Waals surface area contributed by atoms with Gasteiger partial charge in [0.05, 0.1) is 0 Å². The highest BCUT2D eigenvalue weighted by Gasteiger charge is 2.37. The van der Waals surface area contributed by atoms with Crippen LogP contribution in [-0.2, 0) is 23.4 Å². The fourth-order valence-electron chi connectivity index (χ4n) is 2.07. The summed E-state index contributed by atoms with van der Waals surface area (Å²) >= 11 is 0. The predicted molar refractivity (Wildman–Crippen MR) is 84.1 cm³/mol. The van der Waals surface area contributed by atoms with Crippen LogP contribution >= 0.6 is 0 Å². The Morgan fingerprint density at radius 3 is 2.33 bits per heavy atom. The van der Waals surface area contributed by atoms with Gasteiger partial charge in [-0.05, 0) is 17.5 Å². The van der Waals surface area contributed by atoms with Gasteiger partial charge in [-0.25, -0.2) is 0 Å². The highest BCUT2D eigenvalue weighted by atomic mass is 28.2. The van der Waals surface area contributed by atoms with E-state index in [1.54, 1.807) is 14.2 Å². The first-order valence-corrected chi connectivity index (χ1v) is 8.89. The maximum absolute atomic E-state index is 6.00. The van der Waals surface area contributed by atoms with Crippen LogP contribution in [0.3, 0.4) is 0 Å². The Labute approximate surface area is 130 Å². The average Bonchev–Trinajstić information content (AvgIpc) is 2.45. The Balaban J connectivity index is 3.11. The van der Waals surface area contributed by atoms with Crippen molar-refractivity contribution in [3.8, 4) is 0 Å².